The molecule has 1 fully saturated rings. The zero-order valence-electron chi connectivity index (χ0n) is 10.4. The summed E-state index contributed by atoms with van der Waals surface area (Å²) >= 11 is 0. The van der Waals surface area contributed by atoms with Crippen LogP contribution in [0.15, 0.2) is 23.1 Å². The van der Waals surface area contributed by atoms with Gasteiger partial charge in [-0.25, -0.2) is 8.42 Å². The van der Waals surface area contributed by atoms with Crippen LogP contribution in [0.2, 0.25) is 0 Å². The highest BCUT2D eigenvalue weighted by atomic mass is 32.2. The number of benzene rings is 1. The highest BCUT2D eigenvalue weighted by Gasteiger charge is 2.17. The first kappa shape index (κ1) is 12.6. The van der Waals surface area contributed by atoms with Gasteiger partial charge >= 0.3 is 0 Å². The van der Waals surface area contributed by atoms with E-state index in [0.29, 0.717) is 10.8 Å². The summed E-state index contributed by atoms with van der Waals surface area (Å²) in [6.45, 7) is 3.96. The van der Waals surface area contributed by atoms with Crippen molar-refractivity contribution < 1.29 is 8.42 Å². The van der Waals surface area contributed by atoms with Crippen LogP contribution >= 0.6 is 0 Å². The first-order chi connectivity index (χ1) is 7.98. The zero-order chi connectivity index (χ0) is 12.5. The van der Waals surface area contributed by atoms with E-state index in [4.69, 9.17) is 0 Å². The molecule has 17 heavy (non-hydrogen) atoms. The lowest BCUT2D eigenvalue weighted by Gasteiger charge is -2.23. The van der Waals surface area contributed by atoms with E-state index in [1.165, 1.54) is 24.7 Å². The third-order valence-electron chi connectivity index (χ3n) is 3.37. The summed E-state index contributed by atoms with van der Waals surface area (Å²) in [5.74, 6) is 0.524. The molecule has 1 N–H and O–H groups in total. The van der Waals surface area contributed by atoms with E-state index in [1.807, 2.05) is 19.1 Å². The molecule has 1 unspecified atom stereocenters. The summed E-state index contributed by atoms with van der Waals surface area (Å²) in [5, 5.41) is 3.38. The Bertz CT molecular complexity index is 502. The van der Waals surface area contributed by atoms with Gasteiger partial charge < -0.3 is 5.32 Å². The summed E-state index contributed by atoms with van der Waals surface area (Å²) in [7, 11) is -3.10. The summed E-state index contributed by atoms with van der Waals surface area (Å²) in [6, 6.07) is 5.73. The van der Waals surface area contributed by atoms with Gasteiger partial charge in [0.2, 0.25) is 0 Å². The van der Waals surface area contributed by atoms with Crippen molar-refractivity contribution in [3.8, 4) is 0 Å². The summed E-state index contributed by atoms with van der Waals surface area (Å²) in [5.41, 5.74) is 2.11. The fraction of sp³-hybridized carbons (Fsp3) is 0.538. The van der Waals surface area contributed by atoms with Crippen molar-refractivity contribution in [2.75, 3.05) is 19.3 Å². The summed E-state index contributed by atoms with van der Waals surface area (Å²) < 4.78 is 23.1. The summed E-state index contributed by atoms with van der Waals surface area (Å²) in [4.78, 5) is 0.449. The van der Waals surface area contributed by atoms with Crippen molar-refractivity contribution in [3.63, 3.8) is 0 Å². The van der Waals surface area contributed by atoms with Crippen LogP contribution in [0.1, 0.15) is 29.9 Å². The Kier molecular flexibility index (Phi) is 3.54. The van der Waals surface area contributed by atoms with Crippen LogP contribution in [0.4, 0.5) is 0 Å². The molecular weight excluding hydrogens is 234 g/mol. The normalized spacial score (nSPS) is 21.4. The molecule has 1 aliphatic rings. The lowest BCUT2D eigenvalue weighted by molar-refractivity contribution is 0.461. The zero-order valence-corrected chi connectivity index (χ0v) is 11.2. The highest BCUT2D eigenvalue weighted by Crippen LogP contribution is 2.26. The molecule has 0 aromatic heterocycles. The number of rotatable bonds is 2. The van der Waals surface area contributed by atoms with E-state index in [2.05, 4.69) is 5.32 Å². The average Bonchev–Trinajstić information content (AvgIpc) is 2.28. The minimum absolute atomic E-state index is 0.449. The van der Waals surface area contributed by atoms with Crippen molar-refractivity contribution >= 4 is 9.84 Å². The quantitative estimate of drug-likeness (QED) is 0.875. The number of hydrogen-bond donors (Lipinski definition) is 1. The second kappa shape index (κ2) is 4.78. The molecule has 0 saturated carbocycles. The fourth-order valence-corrected chi connectivity index (χ4v) is 3.44. The number of nitrogens with one attached hydrogen (secondary N) is 1. The maximum atomic E-state index is 11.5. The first-order valence-electron chi connectivity index (χ1n) is 6.00. The van der Waals surface area contributed by atoms with E-state index < -0.39 is 9.84 Å². The molecule has 1 atom stereocenters. The molecule has 1 heterocycles. The second-order valence-electron chi connectivity index (χ2n) is 4.84. The van der Waals surface area contributed by atoms with Crippen LogP contribution in [0.5, 0.6) is 0 Å². The first-order valence-corrected chi connectivity index (χ1v) is 7.89. The number of hydrogen-bond acceptors (Lipinski definition) is 3. The van der Waals surface area contributed by atoms with Gasteiger partial charge in [-0.05, 0) is 49.4 Å². The van der Waals surface area contributed by atoms with Gasteiger partial charge in [0, 0.05) is 12.8 Å². The molecule has 4 heteroatoms. The Morgan fingerprint density at radius 2 is 2.12 bits per heavy atom. The van der Waals surface area contributed by atoms with Crippen LogP contribution in [0.25, 0.3) is 0 Å². The van der Waals surface area contributed by atoms with Gasteiger partial charge in [0.05, 0.1) is 4.90 Å². The van der Waals surface area contributed by atoms with Crippen LogP contribution in [0, 0.1) is 6.92 Å². The predicted molar refractivity (Wildman–Crippen MR) is 69.1 cm³/mol. The van der Waals surface area contributed by atoms with Crippen LogP contribution in [0.3, 0.4) is 0 Å². The smallest absolute Gasteiger partial charge is 0.175 e. The third kappa shape index (κ3) is 2.87. The van der Waals surface area contributed by atoms with Gasteiger partial charge in [0.1, 0.15) is 0 Å². The van der Waals surface area contributed by atoms with E-state index >= 15 is 0 Å². The predicted octanol–water partition coefficient (Wildman–Crippen LogP) is 1.87. The molecule has 1 aromatic carbocycles. The number of piperidine rings is 1. The maximum Gasteiger partial charge on any atom is 0.175 e. The molecule has 1 aromatic rings. The van der Waals surface area contributed by atoms with Gasteiger partial charge in [-0.3, -0.25) is 0 Å². The number of sulfone groups is 1. The Hall–Kier alpha value is -0.870. The lowest BCUT2D eigenvalue weighted by Crippen LogP contribution is -2.28. The van der Waals surface area contributed by atoms with E-state index in [9.17, 15) is 8.42 Å². The monoisotopic (exact) mass is 253 g/mol. The Morgan fingerprint density at radius 3 is 2.65 bits per heavy atom. The molecule has 0 bridgehead atoms. The molecule has 3 nitrogen and oxygen atoms in total. The Morgan fingerprint density at radius 1 is 1.35 bits per heavy atom. The highest BCUT2D eigenvalue weighted by molar-refractivity contribution is 7.90. The van der Waals surface area contributed by atoms with E-state index in [1.54, 1.807) is 6.07 Å². The fourth-order valence-electron chi connectivity index (χ4n) is 2.48. The van der Waals surface area contributed by atoms with Crippen molar-refractivity contribution in [1.82, 2.24) is 5.32 Å². The van der Waals surface area contributed by atoms with E-state index in [-0.39, 0.29) is 0 Å². The van der Waals surface area contributed by atoms with Crippen molar-refractivity contribution in [1.29, 1.82) is 0 Å². The van der Waals surface area contributed by atoms with Crippen molar-refractivity contribution in [2.45, 2.75) is 30.6 Å². The Labute approximate surface area is 103 Å². The molecule has 1 aliphatic heterocycles. The van der Waals surface area contributed by atoms with E-state index in [0.717, 1.165) is 18.7 Å². The SMILES string of the molecule is Cc1cc(C2CCCNC2)ccc1S(C)(=O)=O. The third-order valence-corrected chi connectivity index (χ3v) is 4.62. The van der Waals surface area contributed by atoms with Gasteiger partial charge in [0.15, 0.2) is 9.84 Å². The van der Waals surface area contributed by atoms with Crippen LogP contribution in [-0.4, -0.2) is 27.8 Å². The van der Waals surface area contributed by atoms with Gasteiger partial charge in [-0.1, -0.05) is 12.1 Å². The number of aryl methyl sites for hydroxylation is 1. The van der Waals surface area contributed by atoms with Crippen LogP contribution in [-0.2, 0) is 9.84 Å². The standard InChI is InChI=1S/C13H19NO2S/c1-10-8-11(12-4-3-7-14-9-12)5-6-13(10)17(2,15)16/h5-6,8,12,14H,3-4,7,9H2,1-2H3. The minimum Gasteiger partial charge on any atom is -0.316 e. The molecule has 94 valence electrons. The topological polar surface area (TPSA) is 46.2 Å². The molecule has 0 radical (unpaired) electrons. The molecular formula is C13H19NO2S. The largest absolute Gasteiger partial charge is 0.316 e. The minimum atomic E-state index is -3.10. The molecule has 0 aliphatic carbocycles. The van der Waals surface area contributed by atoms with Crippen LogP contribution < -0.4 is 5.32 Å². The van der Waals surface area contributed by atoms with Crippen molar-refractivity contribution in [2.24, 2.45) is 0 Å². The summed E-state index contributed by atoms with van der Waals surface area (Å²) in [6.07, 6.45) is 3.64. The Balaban J connectivity index is 2.30. The molecule has 2 rings (SSSR count). The molecule has 0 amide bonds. The molecule has 0 spiro atoms. The van der Waals surface area contributed by atoms with Gasteiger partial charge in [-0.2, -0.15) is 0 Å². The van der Waals surface area contributed by atoms with Gasteiger partial charge in [-0.15, -0.1) is 0 Å². The lowest BCUT2D eigenvalue weighted by atomic mass is 9.91. The second-order valence-corrected chi connectivity index (χ2v) is 6.82. The maximum absolute atomic E-state index is 11.5. The molecule has 1 saturated heterocycles. The van der Waals surface area contributed by atoms with Gasteiger partial charge in [0.25, 0.3) is 0 Å². The van der Waals surface area contributed by atoms with Crippen molar-refractivity contribution in [3.05, 3.63) is 29.3 Å². The average molecular weight is 253 g/mol.